The van der Waals surface area contributed by atoms with Crippen LogP contribution in [-0.4, -0.2) is 60.0 Å². The maximum atomic E-state index is 13.3. The molecule has 2 N–H and O–H groups in total. The zero-order valence-electron chi connectivity index (χ0n) is 25.0. The van der Waals surface area contributed by atoms with Crippen LogP contribution in [0.3, 0.4) is 0 Å². The van der Waals surface area contributed by atoms with Gasteiger partial charge in [-0.2, -0.15) is 0 Å². The summed E-state index contributed by atoms with van der Waals surface area (Å²) in [5.74, 6) is 0.762. The maximum Gasteiger partial charge on any atom is 0.325 e. The molecule has 0 spiro atoms. The van der Waals surface area contributed by atoms with Gasteiger partial charge in [-0.05, 0) is 74.9 Å². The molecule has 0 aromatic heterocycles. The monoisotopic (exact) mass is 578 g/mol. The highest BCUT2D eigenvalue weighted by Crippen LogP contribution is 2.32. The zero-order valence-corrected chi connectivity index (χ0v) is 25.0. The van der Waals surface area contributed by atoms with Crippen molar-refractivity contribution in [3.8, 4) is 11.5 Å². The Morgan fingerprint density at radius 1 is 0.595 bits per heavy atom. The number of carbonyl (C=O) groups excluding carboxylic acids is 4. The van der Waals surface area contributed by atoms with Crippen LogP contribution in [0.5, 0.6) is 11.5 Å². The zero-order chi connectivity index (χ0) is 30.3. The van der Waals surface area contributed by atoms with Crippen LogP contribution in [0, 0.1) is 0 Å². The lowest BCUT2D eigenvalue weighted by molar-refractivity contribution is -0.132. The van der Waals surface area contributed by atoms with E-state index in [0.717, 1.165) is 37.2 Å². The third-order valence-corrected chi connectivity index (χ3v) is 7.96. The van der Waals surface area contributed by atoms with E-state index in [9.17, 15) is 19.2 Å². The summed E-state index contributed by atoms with van der Waals surface area (Å²) in [4.78, 5) is 54.5. The second-order valence-corrected chi connectivity index (χ2v) is 11.2. The van der Waals surface area contributed by atoms with E-state index in [0.29, 0.717) is 37.2 Å². The number of amides is 6. The Labute approximate surface area is 247 Å². The normalized spacial score (nSPS) is 22.0. The van der Waals surface area contributed by atoms with Gasteiger partial charge in [0.2, 0.25) is 0 Å². The SMILES string of the molecule is CCCCOc1ccc(C2(C)NC(=O)N(CCCCN3C(=O)NC(C)(c4ccc(OCCCC)cc4)C3=O)C2=O)cc1. The topological polar surface area (TPSA) is 117 Å². The van der Waals surface area contributed by atoms with Crippen LogP contribution in [0.25, 0.3) is 0 Å². The van der Waals surface area contributed by atoms with E-state index in [1.54, 1.807) is 62.4 Å². The average molecular weight is 579 g/mol. The molecule has 6 amide bonds. The molecule has 2 unspecified atom stereocenters. The van der Waals surface area contributed by atoms with E-state index < -0.39 is 23.1 Å². The Morgan fingerprint density at radius 2 is 0.952 bits per heavy atom. The first kappa shape index (κ1) is 30.9. The first-order chi connectivity index (χ1) is 20.1. The van der Waals surface area contributed by atoms with Gasteiger partial charge in [-0.15, -0.1) is 0 Å². The van der Waals surface area contributed by atoms with Crippen LogP contribution < -0.4 is 20.1 Å². The van der Waals surface area contributed by atoms with Gasteiger partial charge in [0.05, 0.1) is 13.2 Å². The summed E-state index contributed by atoms with van der Waals surface area (Å²) in [6, 6.07) is 13.5. The van der Waals surface area contributed by atoms with E-state index in [1.807, 2.05) is 0 Å². The Kier molecular flexibility index (Phi) is 9.75. The van der Waals surface area contributed by atoms with Crippen molar-refractivity contribution >= 4 is 23.9 Å². The molecule has 2 atom stereocenters. The van der Waals surface area contributed by atoms with Gasteiger partial charge in [-0.3, -0.25) is 19.4 Å². The van der Waals surface area contributed by atoms with Crippen LogP contribution in [0.1, 0.15) is 77.3 Å². The molecule has 2 heterocycles. The molecule has 0 saturated carbocycles. The molecular formula is C32H42N4O6. The van der Waals surface area contributed by atoms with Crippen molar-refractivity contribution in [1.82, 2.24) is 20.4 Å². The van der Waals surface area contributed by atoms with Gasteiger partial charge in [-0.1, -0.05) is 51.0 Å². The number of carbonyl (C=O) groups is 4. The number of nitrogens with zero attached hydrogens (tertiary/aromatic N) is 2. The molecular weight excluding hydrogens is 536 g/mol. The number of urea groups is 2. The van der Waals surface area contributed by atoms with Gasteiger partial charge in [0.25, 0.3) is 11.8 Å². The Hall–Kier alpha value is -4.08. The molecule has 0 aliphatic carbocycles. The molecule has 10 nitrogen and oxygen atoms in total. The third-order valence-electron chi connectivity index (χ3n) is 7.96. The van der Waals surface area contributed by atoms with Crippen LogP contribution in [-0.2, 0) is 20.7 Å². The number of rotatable bonds is 15. The molecule has 2 aromatic rings. The summed E-state index contributed by atoms with van der Waals surface area (Å²) in [6.45, 7) is 9.19. The van der Waals surface area contributed by atoms with Gasteiger partial charge in [0, 0.05) is 13.1 Å². The predicted octanol–water partition coefficient (Wildman–Crippen LogP) is 5.06. The van der Waals surface area contributed by atoms with Crippen molar-refractivity contribution in [1.29, 1.82) is 0 Å². The summed E-state index contributed by atoms with van der Waals surface area (Å²) in [5, 5.41) is 5.64. The van der Waals surface area contributed by atoms with Crippen LogP contribution in [0.15, 0.2) is 48.5 Å². The van der Waals surface area contributed by atoms with E-state index in [-0.39, 0.29) is 24.9 Å². The highest BCUT2D eigenvalue weighted by atomic mass is 16.5. The number of ether oxygens (including phenoxy) is 2. The number of nitrogens with one attached hydrogen (secondary N) is 2. The minimum atomic E-state index is -1.18. The summed E-state index contributed by atoms with van der Waals surface area (Å²) in [7, 11) is 0. The van der Waals surface area contributed by atoms with Crippen molar-refractivity contribution in [2.45, 2.75) is 77.3 Å². The molecule has 0 bridgehead atoms. The summed E-state index contributed by atoms with van der Waals surface area (Å²) < 4.78 is 11.4. The third kappa shape index (κ3) is 6.37. The highest BCUT2D eigenvalue weighted by Gasteiger charge is 2.50. The molecule has 0 radical (unpaired) electrons. The van der Waals surface area contributed by atoms with Gasteiger partial charge >= 0.3 is 12.1 Å². The second-order valence-electron chi connectivity index (χ2n) is 11.2. The molecule has 2 aliphatic rings. The minimum absolute atomic E-state index is 0.179. The van der Waals surface area contributed by atoms with Crippen LogP contribution in [0.4, 0.5) is 9.59 Å². The van der Waals surface area contributed by atoms with Crippen molar-refractivity contribution in [3.05, 3.63) is 59.7 Å². The molecule has 2 saturated heterocycles. The van der Waals surface area contributed by atoms with E-state index >= 15 is 0 Å². The molecule has 10 heteroatoms. The number of imide groups is 2. The van der Waals surface area contributed by atoms with E-state index in [1.165, 1.54) is 9.80 Å². The predicted molar refractivity (Wildman–Crippen MR) is 158 cm³/mol. The largest absolute Gasteiger partial charge is 0.494 e. The first-order valence-corrected chi connectivity index (χ1v) is 14.9. The minimum Gasteiger partial charge on any atom is -0.494 e. The van der Waals surface area contributed by atoms with E-state index in [2.05, 4.69) is 24.5 Å². The van der Waals surface area contributed by atoms with Crippen LogP contribution in [0.2, 0.25) is 0 Å². The van der Waals surface area contributed by atoms with E-state index in [4.69, 9.17) is 9.47 Å². The lowest BCUT2D eigenvalue weighted by atomic mass is 9.92. The fraction of sp³-hybridized carbons (Fsp3) is 0.500. The molecule has 2 aromatic carbocycles. The van der Waals surface area contributed by atoms with Gasteiger partial charge < -0.3 is 20.1 Å². The molecule has 42 heavy (non-hydrogen) atoms. The molecule has 4 rings (SSSR count). The first-order valence-electron chi connectivity index (χ1n) is 14.9. The molecule has 2 aliphatic heterocycles. The molecule has 226 valence electrons. The lowest BCUT2D eigenvalue weighted by Gasteiger charge is -2.23. The van der Waals surface area contributed by atoms with Crippen molar-refractivity contribution in [2.24, 2.45) is 0 Å². The smallest absolute Gasteiger partial charge is 0.325 e. The standard InChI is InChI=1S/C32H42N4O6/c1-5-7-21-41-25-15-11-23(12-16-25)31(3)27(37)35(29(39)33-31)19-9-10-20-36-28(38)32(4,34-30(36)40)24-13-17-26(18-14-24)42-22-8-6-2/h11-18H,5-10,19-22H2,1-4H3,(H,33,39)(H,34,40). The van der Waals surface area contributed by atoms with Gasteiger partial charge in [0.1, 0.15) is 22.6 Å². The average Bonchev–Trinajstić information content (AvgIpc) is 3.34. The summed E-state index contributed by atoms with van der Waals surface area (Å²) >= 11 is 0. The van der Waals surface area contributed by atoms with Gasteiger partial charge in [0.15, 0.2) is 0 Å². The fourth-order valence-electron chi connectivity index (χ4n) is 5.17. The van der Waals surface area contributed by atoms with Gasteiger partial charge in [-0.25, -0.2) is 9.59 Å². The van der Waals surface area contributed by atoms with Crippen LogP contribution >= 0.6 is 0 Å². The fourth-order valence-corrected chi connectivity index (χ4v) is 5.17. The quantitative estimate of drug-likeness (QED) is 0.225. The highest BCUT2D eigenvalue weighted by molar-refractivity contribution is 6.08. The number of benzene rings is 2. The number of hydrogen-bond donors (Lipinski definition) is 2. The molecule has 2 fully saturated rings. The lowest BCUT2D eigenvalue weighted by Crippen LogP contribution is -2.41. The second kappa shape index (κ2) is 13.3. The Morgan fingerprint density at radius 3 is 1.29 bits per heavy atom. The summed E-state index contributed by atoms with van der Waals surface area (Å²) in [5.41, 5.74) is -1.01. The van der Waals surface area contributed by atoms with Crippen molar-refractivity contribution in [2.75, 3.05) is 26.3 Å². The van der Waals surface area contributed by atoms with Crippen molar-refractivity contribution < 1.29 is 28.7 Å². The number of hydrogen-bond acceptors (Lipinski definition) is 6. The Bertz CT molecular complexity index is 1180. The van der Waals surface area contributed by atoms with Crippen molar-refractivity contribution in [3.63, 3.8) is 0 Å². The summed E-state index contributed by atoms with van der Waals surface area (Å²) in [6.07, 6.45) is 4.88. The Balaban J connectivity index is 1.29. The number of unbranched alkanes of at least 4 members (excludes halogenated alkanes) is 3. The maximum absolute atomic E-state index is 13.3.